The first kappa shape index (κ1) is 10.7. The number of carboxylic acid groups (broad SMARTS) is 2. The molecule has 0 aliphatic carbocycles. The van der Waals surface area contributed by atoms with E-state index in [4.69, 9.17) is 10.2 Å². The minimum absolute atomic E-state index is 0.122. The molecule has 0 atom stereocenters. The van der Waals surface area contributed by atoms with Crippen LogP contribution in [0.4, 0.5) is 4.79 Å². The number of carboxylic acids is 1. The number of aromatic nitrogens is 1. The van der Waals surface area contributed by atoms with E-state index in [0.717, 1.165) is 4.57 Å². The number of hydrogen-bond acceptors (Lipinski definition) is 2. The second-order valence-electron chi connectivity index (χ2n) is 3.17. The molecule has 0 saturated heterocycles. The fraction of sp³-hybridized carbons (Fsp3) is 0. The minimum Gasteiger partial charge on any atom is -0.478 e. The molecular formula is C10H6BrNO4. The number of carbonyl (C=O) groups is 2. The molecule has 0 aliphatic rings. The zero-order chi connectivity index (χ0) is 11.9. The molecule has 2 N–H and O–H groups in total. The Morgan fingerprint density at radius 3 is 2.50 bits per heavy atom. The lowest BCUT2D eigenvalue weighted by Gasteiger charge is -1.98. The monoisotopic (exact) mass is 283 g/mol. The van der Waals surface area contributed by atoms with Gasteiger partial charge >= 0.3 is 12.1 Å². The smallest absolute Gasteiger partial charge is 0.416 e. The topological polar surface area (TPSA) is 79.5 Å². The van der Waals surface area contributed by atoms with Crippen LogP contribution < -0.4 is 0 Å². The lowest BCUT2D eigenvalue weighted by atomic mass is 10.1. The zero-order valence-electron chi connectivity index (χ0n) is 7.85. The second kappa shape index (κ2) is 3.64. The van der Waals surface area contributed by atoms with Gasteiger partial charge in [-0.2, -0.15) is 0 Å². The van der Waals surface area contributed by atoms with Gasteiger partial charge in [0.25, 0.3) is 0 Å². The highest BCUT2D eigenvalue weighted by Crippen LogP contribution is 2.27. The maximum absolute atomic E-state index is 10.9. The van der Waals surface area contributed by atoms with Gasteiger partial charge in [0.2, 0.25) is 0 Å². The number of fused-ring (bicyclic) bond motifs is 1. The zero-order valence-corrected chi connectivity index (χ0v) is 9.43. The molecule has 1 heterocycles. The van der Waals surface area contributed by atoms with Gasteiger partial charge in [-0.3, -0.25) is 4.57 Å². The van der Waals surface area contributed by atoms with Crippen molar-refractivity contribution < 1.29 is 19.8 Å². The predicted octanol–water partition coefficient (Wildman–Crippen LogP) is 2.63. The molecule has 0 unspecified atom stereocenters. The van der Waals surface area contributed by atoms with Crippen LogP contribution in [-0.2, 0) is 0 Å². The van der Waals surface area contributed by atoms with Crippen LogP contribution in [0.5, 0.6) is 0 Å². The maximum Gasteiger partial charge on any atom is 0.416 e. The van der Waals surface area contributed by atoms with Crippen LogP contribution in [0, 0.1) is 0 Å². The highest BCUT2D eigenvalue weighted by atomic mass is 79.9. The first-order chi connectivity index (χ1) is 7.50. The number of nitrogens with zero attached hydrogens (tertiary/aromatic N) is 1. The van der Waals surface area contributed by atoms with E-state index in [1.165, 1.54) is 24.4 Å². The molecule has 16 heavy (non-hydrogen) atoms. The largest absolute Gasteiger partial charge is 0.478 e. The SMILES string of the molecule is O=C(O)c1ccc2c(c1)c(Br)cn2C(=O)O. The summed E-state index contributed by atoms with van der Waals surface area (Å²) >= 11 is 3.19. The van der Waals surface area contributed by atoms with E-state index in [2.05, 4.69) is 15.9 Å². The third-order valence-electron chi connectivity index (χ3n) is 2.21. The van der Waals surface area contributed by atoms with Crippen molar-refractivity contribution in [2.45, 2.75) is 0 Å². The summed E-state index contributed by atoms with van der Waals surface area (Å²) in [6, 6.07) is 4.27. The Labute approximate surface area is 98.0 Å². The van der Waals surface area contributed by atoms with Crippen molar-refractivity contribution in [1.29, 1.82) is 0 Å². The van der Waals surface area contributed by atoms with Gasteiger partial charge in [0.15, 0.2) is 0 Å². The van der Waals surface area contributed by atoms with Crippen LogP contribution in [0.25, 0.3) is 10.9 Å². The van der Waals surface area contributed by atoms with Crippen LogP contribution >= 0.6 is 15.9 Å². The first-order valence-electron chi connectivity index (χ1n) is 4.28. The summed E-state index contributed by atoms with van der Waals surface area (Å²) in [5.74, 6) is -1.04. The van der Waals surface area contributed by atoms with Crippen LogP contribution in [-0.4, -0.2) is 26.8 Å². The number of halogens is 1. The number of rotatable bonds is 1. The molecule has 1 aromatic carbocycles. The Balaban J connectivity index is 2.76. The fourth-order valence-corrected chi connectivity index (χ4v) is 2.00. The summed E-state index contributed by atoms with van der Waals surface area (Å²) < 4.78 is 1.58. The fourth-order valence-electron chi connectivity index (χ4n) is 1.48. The molecule has 2 rings (SSSR count). The highest BCUT2D eigenvalue weighted by molar-refractivity contribution is 9.10. The molecule has 0 aliphatic heterocycles. The van der Waals surface area contributed by atoms with Gasteiger partial charge in [0, 0.05) is 16.1 Å². The molecule has 0 radical (unpaired) electrons. The van der Waals surface area contributed by atoms with Crippen LogP contribution in [0.15, 0.2) is 28.9 Å². The van der Waals surface area contributed by atoms with E-state index >= 15 is 0 Å². The Kier molecular flexibility index (Phi) is 2.43. The molecule has 0 bridgehead atoms. The molecule has 1 aromatic heterocycles. The van der Waals surface area contributed by atoms with Gasteiger partial charge in [-0.15, -0.1) is 0 Å². The van der Waals surface area contributed by atoms with Gasteiger partial charge in [0.05, 0.1) is 11.1 Å². The standard InChI is InChI=1S/C10H6BrNO4/c11-7-4-12(10(15)16)8-2-1-5(9(13)14)3-6(7)8/h1-4H,(H,13,14)(H,15,16). The van der Waals surface area contributed by atoms with E-state index in [1.54, 1.807) is 0 Å². The van der Waals surface area contributed by atoms with Crippen molar-refractivity contribution in [2.24, 2.45) is 0 Å². The Morgan fingerprint density at radius 1 is 1.25 bits per heavy atom. The van der Waals surface area contributed by atoms with Gasteiger partial charge in [0.1, 0.15) is 0 Å². The maximum atomic E-state index is 10.9. The van der Waals surface area contributed by atoms with Gasteiger partial charge < -0.3 is 10.2 Å². The number of aromatic carboxylic acids is 1. The van der Waals surface area contributed by atoms with Crippen molar-refractivity contribution in [3.63, 3.8) is 0 Å². The highest BCUT2D eigenvalue weighted by Gasteiger charge is 2.13. The summed E-state index contributed by atoms with van der Waals surface area (Å²) in [6.07, 6.45) is 0.275. The van der Waals surface area contributed by atoms with E-state index in [0.29, 0.717) is 15.4 Å². The Hall–Kier alpha value is -1.82. The average molecular weight is 284 g/mol. The van der Waals surface area contributed by atoms with Gasteiger partial charge in [-0.1, -0.05) is 0 Å². The average Bonchev–Trinajstić information content (AvgIpc) is 2.56. The summed E-state index contributed by atoms with van der Waals surface area (Å²) in [5, 5.41) is 18.3. The van der Waals surface area contributed by atoms with Crippen molar-refractivity contribution in [3.8, 4) is 0 Å². The van der Waals surface area contributed by atoms with Crippen molar-refractivity contribution in [1.82, 2.24) is 4.57 Å². The quantitative estimate of drug-likeness (QED) is 0.843. The third-order valence-corrected chi connectivity index (χ3v) is 2.84. The molecular weight excluding hydrogens is 278 g/mol. The molecule has 0 saturated carbocycles. The van der Waals surface area contributed by atoms with Crippen molar-refractivity contribution in [2.75, 3.05) is 0 Å². The molecule has 2 aromatic rings. The number of hydrogen-bond donors (Lipinski definition) is 2. The molecule has 82 valence electrons. The minimum atomic E-state index is -1.11. The summed E-state index contributed by atoms with van der Waals surface area (Å²) in [4.78, 5) is 21.6. The van der Waals surface area contributed by atoms with Crippen LogP contribution in [0.3, 0.4) is 0 Å². The van der Waals surface area contributed by atoms with Crippen molar-refractivity contribution >= 4 is 38.9 Å². The lowest BCUT2D eigenvalue weighted by molar-refractivity contribution is 0.0697. The summed E-state index contributed by atoms with van der Waals surface area (Å²) in [7, 11) is 0. The van der Waals surface area contributed by atoms with E-state index in [-0.39, 0.29) is 5.56 Å². The third kappa shape index (κ3) is 1.57. The second-order valence-corrected chi connectivity index (χ2v) is 4.02. The molecule has 0 amide bonds. The van der Waals surface area contributed by atoms with Gasteiger partial charge in [-0.25, -0.2) is 9.59 Å². The molecule has 6 heteroatoms. The Bertz CT molecular complexity index is 602. The summed E-state index contributed by atoms with van der Waals surface area (Å²) in [5.41, 5.74) is 0.570. The predicted molar refractivity (Wildman–Crippen MR) is 60.0 cm³/mol. The number of benzene rings is 1. The molecule has 0 fully saturated rings. The molecule has 0 spiro atoms. The van der Waals surface area contributed by atoms with Crippen molar-refractivity contribution in [3.05, 3.63) is 34.4 Å². The normalized spacial score (nSPS) is 10.6. The van der Waals surface area contributed by atoms with E-state index in [9.17, 15) is 9.59 Å². The lowest BCUT2D eigenvalue weighted by Crippen LogP contribution is -2.05. The first-order valence-corrected chi connectivity index (χ1v) is 5.07. The molecule has 5 nitrogen and oxygen atoms in total. The van der Waals surface area contributed by atoms with Crippen LogP contribution in [0.2, 0.25) is 0 Å². The van der Waals surface area contributed by atoms with E-state index < -0.39 is 12.1 Å². The Morgan fingerprint density at radius 2 is 1.94 bits per heavy atom. The van der Waals surface area contributed by atoms with Crippen LogP contribution in [0.1, 0.15) is 10.4 Å². The van der Waals surface area contributed by atoms with Gasteiger partial charge in [-0.05, 0) is 34.1 Å². The van der Waals surface area contributed by atoms with E-state index in [1.807, 2.05) is 0 Å². The summed E-state index contributed by atoms with van der Waals surface area (Å²) in [6.45, 7) is 0.